The third-order valence-electron chi connectivity index (χ3n) is 3.14. The van der Waals surface area contributed by atoms with E-state index in [2.05, 4.69) is 0 Å². The zero-order valence-corrected chi connectivity index (χ0v) is 12.8. The quantitative estimate of drug-likeness (QED) is 0.233. The Morgan fingerprint density at radius 1 is 0.870 bits per heavy atom. The van der Waals surface area contributed by atoms with Crippen LogP contribution in [-0.2, 0) is 24.0 Å². The van der Waals surface area contributed by atoms with Crippen molar-refractivity contribution in [3.8, 4) is 0 Å². The van der Waals surface area contributed by atoms with Crippen molar-refractivity contribution in [3.05, 3.63) is 0 Å². The third-order valence-corrected chi connectivity index (χ3v) is 3.14. The molecule has 0 aliphatic heterocycles. The van der Waals surface area contributed by atoms with Gasteiger partial charge in [0.05, 0.1) is 6.42 Å². The molecule has 0 aliphatic carbocycles. The van der Waals surface area contributed by atoms with Crippen molar-refractivity contribution in [2.45, 2.75) is 45.0 Å². The maximum absolute atomic E-state index is 11.7. The molecule has 0 aromatic heterocycles. The number of ketones is 5. The fourth-order valence-corrected chi connectivity index (χ4v) is 1.64. The van der Waals surface area contributed by atoms with Crippen LogP contribution in [0.4, 0.5) is 0 Å². The molecular weight excluding hydrogens is 312 g/mol. The molecule has 9 nitrogen and oxygen atoms in total. The summed E-state index contributed by atoms with van der Waals surface area (Å²) >= 11 is 0. The molecule has 0 heterocycles. The summed E-state index contributed by atoms with van der Waals surface area (Å²) in [7, 11) is 0. The Hall–Kier alpha value is -1.81. The van der Waals surface area contributed by atoms with Crippen molar-refractivity contribution in [2.24, 2.45) is 5.92 Å². The molecule has 4 unspecified atom stereocenters. The van der Waals surface area contributed by atoms with Crippen LogP contribution < -0.4 is 0 Å². The van der Waals surface area contributed by atoms with Gasteiger partial charge in [-0.1, -0.05) is 6.92 Å². The lowest BCUT2D eigenvalue weighted by Crippen LogP contribution is -2.43. The number of carbonyl (C=O) groups is 5. The van der Waals surface area contributed by atoms with Crippen molar-refractivity contribution in [1.29, 1.82) is 0 Å². The molecule has 0 spiro atoms. The van der Waals surface area contributed by atoms with E-state index < -0.39 is 66.2 Å². The summed E-state index contributed by atoms with van der Waals surface area (Å²) in [6, 6.07) is 0. The first-order valence-electron chi connectivity index (χ1n) is 6.83. The lowest BCUT2D eigenvalue weighted by atomic mass is 9.91. The van der Waals surface area contributed by atoms with Gasteiger partial charge in [0.2, 0.25) is 11.6 Å². The average molecular weight is 332 g/mol. The minimum atomic E-state index is -2.43. The summed E-state index contributed by atoms with van der Waals surface area (Å²) in [4.78, 5) is 57.0. The number of Topliss-reactive ketones (excluding diaryl/α,β-unsaturated/α-hetero) is 5. The maximum Gasteiger partial charge on any atom is 0.237 e. The van der Waals surface area contributed by atoms with Gasteiger partial charge in [0.1, 0.15) is 18.8 Å². The maximum atomic E-state index is 11.7. The van der Waals surface area contributed by atoms with Gasteiger partial charge >= 0.3 is 0 Å². The number of carbonyl (C=O) groups excluding carboxylic acids is 5. The lowest BCUT2D eigenvalue weighted by Gasteiger charge is -2.17. The monoisotopic (exact) mass is 332 g/mol. The highest BCUT2D eigenvalue weighted by Crippen LogP contribution is 2.12. The number of aliphatic hydroxyl groups is 4. The average Bonchev–Trinajstić information content (AvgIpc) is 2.51. The second kappa shape index (κ2) is 9.36. The molecule has 0 rings (SSSR count). The van der Waals surface area contributed by atoms with Gasteiger partial charge in [-0.3, -0.25) is 24.0 Å². The molecule has 9 heteroatoms. The van der Waals surface area contributed by atoms with Gasteiger partial charge in [-0.2, -0.15) is 0 Å². The first-order chi connectivity index (χ1) is 10.5. The molecule has 0 radical (unpaired) electrons. The van der Waals surface area contributed by atoms with Crippen LogP contribution in [0, 0.1) is 5.92 Å². The Morgan fingerprint density at radius 2 is 1.39 bits per heavy atom. The van der Waals surface area contributed by atoms with Gasteiger partial charge in [0, 0.05) is 6.42 Å². The van der Waals surface area contributed by atoms with Crippen LogP contribution in [0.25, 0.3) is 0 Å². The number of aliphatic hydroxyl groups excluding tert-OH is 4. The van der Waals surface area contributed by atoms with Crippen LogP contribution in [0.3, 0.4) is 0 Å². The van der Waals surface area contributed by atoms with Crippen molar-refractivity contribution >= 4 is 28.9 Å². The van der Waals surface area contributed by atoms with E-state index in [0.29, 0.717) is 0 Å². The highest BCUT2D eigenvalue weighted by atomic mass is 16.3. The second-order valence-corrected chi connectivity index (χ2v) is 5.24. The smallest absolute Gasteiger partial charge is 0.237 e. The van der Waals surface area contributed by atoms with Gasteiger partial charge in [0.15, 0.2) is 23.5 Å². The number of hydrogen-bond acceptors (Lipinski definition) is 9. The third kappa shape index (κ3) is 6.45. The molecule has 23 heavy (non-hydrogen) atoms. The molecule has 0 aromatic carbocycles. The second-order valence-electron chi connectivity index (χ2n) is 5.24. The highest BCUT2D eigenvalue weighted by molar-refractivity contribution is 6.44. The molecule has 0 aliphatic rings. The zero-order chi connectivity index (χ0) is 18.3. The van der Waals surface area contributed by atoms with Crippen LogP contribution in [0.1, 0.15) is 26.7 Å². The van der Waals surface area contributed by atoms with E-state index in [0.717, 1.165) is 6.92 Å². The highest BCUT2D eigenvalue weighted by Gasteiger charge is 2.36. The van der Waals surface area contributed by atoms with E-state index in [-0.39, 0.29) is 6.42 Å². The molecule has 0 aromatic rings. The summed E-state index contributed by atoms with van der Waals surface area (Å²) in [5.74, 6) is -6.96. The zero-order valence-electron chi connectivity index (χ0n) is 12.8. The Labute approximate surface area is 131 Å². The van der Waals surface area contributed by atoms with Crippen LogP contribution >= 0.6 is 0 Å². The predicted octanol–water partition coefficient (Wildman–Crippen LogP) is -2.66. The van der Waals surface area contributed by atoms with E-state index in [4.69, 9.17) is 10.2 Å². The van der Waals surface area contributed by atoms with Crippen LogP contribution in [0.5, 0.6) is 0 Å². The van der Waals surface area contributed by atoms with Gasteiger partial charge in [-0.15, -0.1) is 0 Å². The van der Waals surface area contributed by atoms with E-state index in [9.17, 15) is 34.2 Å². The minimum Gasteiger partial charge on any atom is -0.389 e. The fraction of sp³-hybridized carbons (Fsp3) is 0.643. The van der Waals surface area contributed by atoms with Gasteiger partial charge in [-0.05, 0) is 12.8 Å². The predicted molar refractivity (Wildman–Crippen MR) is 74.2 cm³/mol. The molecule has 0 bridgehead atoms. The Kier molecular flexibility index (Phi) is 8.62. The lowest BCUT2D eigenvalue weighted by molar-refractivity contribution is -0.152. The Bertz CT molecular complexity index is 494. The molecule has 0 amide bonds. The molecular formula is C14H20O9. The summed E-state index contributed by atoms with van der Waals surface area (Å²) in [5, 5.41) is 36.7. The standard InChI is InChI=1S/C14H20O9/c1-6(3-8(17)5-15)11(20)13(22)14(23)12(21)10(19)4-9(18)7(2)16/h6-7,11-12,15-16,20-21H,3-5H2,1-2H3. The summed E-state index contributed by atoms with van der Waals surface area (Å²) in [6.07, 6.45) is -7.14. The molecule has 0 fully saturated rings. The van der Waals surface area contributed by atoms with E-state index in [1.807, 2.05) is 0 Å². The number of rotatable bonds is 11. The van der Waals surface area contributed by atoms with Crippen LogP contribution in [0.15, 0.2) is 0 Å². The van der Waals surface area contributed by atoms with Crippen molar-refractivity contribution in [2.75, 3.05) is 6.61 Å². The largest absolute Gasteiger partial charge is 0.389 e. The summed E-state index contributed by atoms with van der Waals surface area (Å²) < 4.78 is 0. The van der Waals surface area contributed by atoms with Gasteiger partial charge in [-0.25, -0.2) is 0 Å². The molecule has 4 N–H and O–H groups in total. The van der Waals surface area contributed by atoms with E-state index in [1.165, 1.54) is 6.92 Å². The van der Waals surface area contributed by atoms with E-state index in [1.54, 1.807) is 0 Å². The fourth-order valence-electron chi connectivity index (χ4n) is 1.64. The van der Waals surface area contributed by atoms with Gasteiger partial charge < -0.3 is 20.4 Å². The van der Waals surface area contributed by atoms with Crippen molar-refractivity contribution in [1.82, 2.24) is 0 Å². The Balaban J connectivity index is 4.80. The molecule has 0 saturated heterocycles. The van der Waals surface area contributed by atoms with E-state index >= 15 is 0 Å². The minimum absolute atomic E-state index is 0.374. The van der Waals surface area contributed by atoms with Crippen molar-refractivity contribution < 1.29 is 44.4 Å². The topological polar surface area (TPSA) is 166 Å². The normalized spacial score (nSPS) is 16.1. The first kappa shape index (κ1) is 21.2. The molecule has 4 atom stereocenters. The SMILES string of the molecule is CC(O)C(=O)CC(=O)C(O)C(=O)C(=O)C(O)C(C)CC(=O)CO. The Morgan fingerprint density at radius 3 is 1.83 bits per heavy atom. The van der Waals surface area contributed by atoms with Crippen LogP contribution in [0.2, 0.25) is 0 Å². The van der Waals surface area contributed by atoms with Gasteiger partial charge in [0.25, 0.3) is 0 Å². The summed E-state index contributed by atoms with van der Waals surface area (Å²) in [6.45, 7) is 1.58. The molecule has 0 saturated carbocycles. The molecule has 130 valence electrons. The summed E-state index contributed by atoms with van der Waals surface area (Å²) in [5.41, 5.74) is 0. The van der Waals surface area contributed by atoms with Crippen molar-refractivity contribution in [3.63, 3.8) is 0 Å². The van der Waals surface area contributed by atoms with Crippen LogP contribution in [-0.4, -0.2) is 74.3 Å². The first-order valence-corrected chi connectivity index (χ1v) is 6.83. The number of hydrogen-bond donors (Lipinski definition) is 4.